The zero-order valence-corrected chi connectivity index (χ0v) is 13.2. The lowest BCUT2D eigenvalue weighted by molar-refractivity contribution is 0.164. The van der Waals surface area contributed by atoms with Gasteiger partial charge in [-0.25, -0.2) is 4.79 Å². The Balaban J connectivity index is 2.12. The van der Waals surface area contributed by atoms with Crippen LogP contribution in [0.1, 0.15) is 0 Å². The maximum absolute atomic E-state index is 12.3. The molecule has 0 aromatic heterocycles. The fourth-order valence-electron chi connectivity index (χ4n) is 2.16. The maximum atomic E-state index is 12.3. The first-order valence-electron chi connectivity index (χ1n) is 6.71. The standard InChI is InChI=1S/C14H20ClN3O3/c1-17-4-6-18(7-5-17)14(19)16-11-9-12(20-2)10(15)8-13(11)21-3/h8-9H,4-7H2,1-3H3,(H,16,19). The molecule has 0 atom stereocenters. The van der Waals surface area contributed by atoms with Gasteiger partial charge >= 0.3 is 6.03 Å². The van der Waals surface area contributed by atoms with Gasteiger partial charge in [-0.15, -0.1) is 0 Å². The molecule has 1 heterocycles. The molecule has 0 unspecified atom stereocenters. The second kappa shape index (κ2) is 6.87. The van der Waals surface area contributed by atoms with Gasteiger partial charge in [0.05, 0.1) is 24.9 Å². The molecule has 0 spiro atoms. The van der Waals surface area contributed by atoms with Gasteiger partial charge in [0.15, 0.2) is 0 Å². The topological polar surface area (TPSA) is 54.0 Å². The molecule has 116 valence electrons. The van der Waals surface area contributed by atoms with Crippen molar-refractivity contribution in [1.29, 1.82) is 0 Å². The Morgan fingerprint density at radius 3 is 2.33 bits per heavy atom. The number of ether oxygens (including phenoxy) is 2. The molecule has 1 aromatic carbocycles. The van der Waals surface area contributed by atoms with E-state index >= 15 is 0 Å². The molecule has 6 nitrogen and oxygen atoms in total. The summed E-state index contributed by atoms with van der Waals surface area (Å²) < 4.78 is 10.4. The molecule has 2 rings (SSSR count). The fourth-order valence-corrected chi connectivity index (χ4v) is 2.39. The SMILES string of the molecule is COc1cc(NC(=O)N2CCN(C)CC2)c(OC)cc1Cl. The molecule has 0 aliphatic carbocycles. The molecule has 2 amide bonds. The second-order valence-corrected chi connectivity index (χ2v) is 5.31. The van der Waals surface area contributed by atoms with Gasteiger partial charge in [0.25, 0.3) is 0 Å². The molecule has 1 saturated heterocycles. The van der Waals surface area contributed by atoms with Crippen LogP contribution in [0.4, 0.5) is 10.5 Å². The molecule has 1 aliphatic heterocycles. The van der Waals surface area contributed by atoms with E-state index in [1.165, 1.54) is 14.2 Å². The second-order valence-electron chi connectivity index (χ2n) is 4.91. The molecule has 21 heavy (non-hydrogen) atoms. The fraction of sp³-hybridized carbons (Fsp3) is 0.500. The number of carbonyl (C=O) groups is 1. The zero-order valence-electron chi connectivity index (χ0n) is 12.5. The predicted octanol–water partition coefficient (Wildman–Crippen LogP) is 2.14. The Morgan fingerprint density at radius 1 is 1.14 bits per heavy atom. The van der Waals surface area contributed by atoms with E-state index in [2.05, 4.69) is 10.2 Å². The molecular formula is C14H20ClN3O3. The van der Waals surface area contributed by atoms with E-state index in [0.29, 0.717) is 35.3 Å². The number of carbonyl (C=O) groups excluding carboxylic acids is 1. The zero-order chi connectivity index (χ0) is 15.4. The third kappa shape index (κ3) is 3.71. The minimum Gasteiger partial charge on any atom is -0.495 e. The summed E-state index contributed by atoms with van der Waals surface area (Å²) in [6.07, 6.45) is 0. The van der Waals surface area contributed by atoms with Crippen LogP contribution in [0.3, 0.4) is 0 Å². The number of benzene rings is 1. The summed E-state index contributed by atoms with van der Waals surface area (Å²) in [5, 5.41) is 3.29. The summed E-state index contributed by atoms with van der Waals surface area (Å²) in [6, 6.07) is 3.14. The van der Waals surface area contributed by atoms with Gasteiger partial charge in [-0.05, 0) is 7.05 Å². The number of nitrogens with one attached hydrogen (secondary N) is 1. The van der Waals surface area contributed by atoms with Crippen molar-refractivity contribution in [1.82, 2.24) is 9.80 Å². The highest BCUT2D eigenvalue weighted by Gasteiger charge is 2.20. The summed E-state index contributed by atoms with van der Waals surface area (Å²) in [6.45, 7) is 3.15. The van der Waals surface area contributed by atoms with Gasteiger partial charge < -0.3 is 24.6 Å². The first-order chi connectivity index (χ1) is 10.0. The molecule has 0 bridgehead atoms. The van der Waals surface area contributed by atoms with E-state index in [4.69, 9.17) is 21.1 Å². The van der Waals surface area contributed by atoms with E-state index in [1.807, 2.05) is 7.05 Å². The van der Waals surface area contributed by atoms with E-state index in [0.717, 1.165) is 13.1 Å². The van der Waals surface area contributed by atoms with Crippen LogP contribution in [-0.4, -0.2) is 63.3 Å². The summed E-state index contributed by atoms with van der Waals surface area (Å²) in [7, 11) is 5.10. The summed E-state index contributed by atoms with van der Waals surface area (Å²) in [4.78, 5) is 16.3. The number of urea groups is 1. The molecular weight excluding hydrogens is 294 g/mol. The van der Waals surface area contributed by atoms with E-state index in [1.54, 1.807) is 17.0 Å². The monoisotopic (exact) mass is 313 g/mol. The molecule has 0 radical (unpaired) electrons. The predicted molar refractivity (Wildman–Crippen MR) is 82.6 cm³/mol. The van der Waals surface area contributed by atoms with Gasteiger partial charge in [-0.2, -0.15) is 0 Å². The van der Waals surface area contributed by atoms with Crippen molar-refractivity contribution in [3.8, 4) is 11.5 Å². The molecule has 7 heteroatoms. The van der Waals surface area contributed by atoms with Gasteiger partial charge in [0.1, 0.15) is 11.5 Å². The number of amides is 2. The van der Waals surface area contributed by atoms with Crippen molar-refractivity contribution in [2.75, 3.05) is 52.8 Å². The van der Waals surface area contributed by atoms with E-state index in [-0.39, 0.29) is 6.03 Å². The quantitative estimate of drug-likeness (QED) is 0.929. The third-order valence-corrected chi connectivity index (χ3v) is 3.80. The van der Waals surface area contributed by atoms with Crippen molar-refractivity contribution in [3.05, 3.63) is 17.2 Å². The Morgan fingerprint density at radius 2 is 1.76 bits per heavy atom. The van der Waals surface area contributed by atoms with Crippen LogP contribution in [0.15, 0.2) is 12.1 Å². The highest BCUT2D eigenvalue weighted by molar-refractivity contribution is 6.32. The van der Waals surface area contributed by atoms with Crippen molar-refractivity contribution >= 4 is 23.3 Å². The first-order valence-corrected chi connectivity index (χ1v) is 7.09. The highest BCUT2D eigenvalue weighted by Crippen LogP contribution is 2.35. The smallest absolute Gasteiger partial charge is 0.322 e. The van der Waals surface area contributed by atoms with Crippen molar-refractivity contribution in [2.45, 2.75) is 0 Å². The molecule has 1 fully saturated rings. The number of halogens is 1. The molecule has 1 aliphatic rings. The number of likely N-dealkylation sites (N-methyl/N-ethyl adjacent to an activating group) is 1. The van der Waals surface area contributed by atoms with Gasteiger partial charge in [-0.3, -0.25) is 0 Å². The van der Waals surface area contributed by atoms with Crippen molar-refractivity contribution in [2.24, 2.45) is 0 Å². The minimum absolute atomic E-state index is 0.147. The largest absolute Gasteiger partial charge is 0.495 e. The number of hydrogen-bond acceptors (Lipinski definition) is 4. The summed E-state index contributed by atoms with van der Waals surface area (Å²) in [5.41, 5.74) is 0.544. The minimum atomic E-state index is -0.147. The van der Waals surface area contributed by atoms with Gasteiger partial charge in [0, 0.05) is 38.3 Å². The molecule has 1 aromatic rings. The highest BCUT2D eigenvalue weighted by atomic mass is 35.5. The lowest BCUT2D eigenvalue weighted by atomic mass is 10.2. The van der Waals surface area contributed by atoms with Gasteiger partial charge in [0.2, 0.25) is 0 Å². The Kier molecular flexibility index (Phi) is 5.14. The van der Waals surface area contributed by atoms with Crippen LogP contribution >= 0.6 is 11.6 Å². The van der Waals surface area contributed by atoms with Crippen LogP contribution < -0.4 is 14.8 Å². The Labute approximate surface area is 129 Å². The Bertz CT molecular complexity index is 516. The van der Waals surface area contributed by atoms with Crippen LogP contribution in [0, 0.1) is 0 Å². The number of methoxy groups -OCH3 is 2. The number of rotatable bonds is 3. The van der Waals surface area contributed by atoms with Crippen LogP contribution in [0.2, 0.25) is 5.02 Å². The normalized spacial score (nSPS) is 15.7. The summed E-state index contributed by atoms with van der Waals surface area (Å²) >= 11 is 6.05. The van der Waals surface area contributed by atoms with Crippen LogP contribution in [0.5, 0.6) is 11.5 Å². The number of nitrogens with zero attached hydrogens (tertiary/aromatic N) is 2. The summed E-state index contributed by atoms with van der Waals surface area (Å²) in [5.74, 6) is 0.995. The number of hydrogen-bond donors (Lipinski definition) is 1. The van der Waals surface area contributed by atoms with Crippen LogP contribution in [-0.2, 0) is 0 Å². The lowest BCUT2D eigenvalue weighted by Gasteiger charge is -2.32. The van der Waals surface area contributed by atoms with Crippen LogP contribution in [0.25, 0.3) is 0 Å². The average molecular weight is 314 g/mol. The van der Waals surface area contributed by atoms with E-state index < -0.39 is 0 Å². The number of piperazine rings is 1. The van der Waals surface area contributed by atoms with E-state index in [9.17, 15) is 4.79 Å². The Hall–Kier alpha value is -1.66. The molecule has 0 saturated carbocycles. The number of anilines is 1. The average Bonchev–Trinajstić information content (AvgIpc) is 2.49. The lowest BCUT2D eigenvalue weighted by Crippen LogP contribution is -2.48. The first kappa shape index (κ1) is 15.7. The van der Waals surface area contributed by atoms with Crippen molar-refractivity contribution in [3.63, 3.8) is 0 Å². The van der Waals surface area contributed by atoms with Gasteiger partial charge in [-0.1, -0.05) is 11.6 Å². The van der Waals surface area contributed by atoms with Crippen molar-refractivity contribution < 1.29 is 14.3 Å². The molecule has 1 N–H and O–H groups in total. The third-order valence-electron chi connectivity index (χ3n) is 3.51. The maximum Gasteiger partial charge on any atom is 0.322 e.